The fourth-order valence-corrected chi connectivity index (χ4v) is 2.02. The van der Waals surface area contributed by atoms with Gasteiger partial charge in [0.1, 0.15) is 0 Å². The molecule has 16 heavy (non-hydrogen) atoms. The topological polar surface area (TPSA) is 63.2 Å². The van der Waals surface area contributed by atoms with Crippen LogP contribution in [0, 0.1) is 0 Å². The van der Waals surface area contributed by atoms with E-state index in [1.54, 1.807) is 24.3 Å². The summed E-state index contributed by atoms with van der Waals surface area (Å²) < 4.78 is 22.4. The molecule has 88 valence electrons. The summed E-state index contributed by atoms with van der Waals surface area (Å²) in [6.45, 7) is 3.29. The maximum atomic E-state index is 11.2. The van der Waals surface area contributed by atoms with E-state index in [1.807, 2.05) is 6.92 Å². The lowest BCUT2D eigenvalue weighted by Crippen LogP contribution is -2.23. The van der Waals surface area contributed by atoms with E-state index in [2.05, 4.69) is 5.32 Å². The lowest BCUT2D eigenvalue weighted by atomic mass is 10.1. The van der Waals surface area contributed by atoms with E-state index < -0.39 is 9.84 Å². The minimum atomic E-state index is -3.16. The Bertz CT molecular complexity index is 476. The third kappa shape index (κ3) is 3.34. The Morgan fingerprint density at radius 1 is 1.25 bits per heavy atom. The van der Waals surface area contributed by atoms with Crippen molar-refractivity contribution in [3.05, 3.63) is 29.8 Å². The first-order valence-corrected chi connectivity index (χ1v) is 6.77. The molecule has 1 atom stereocenters. The molecule has 0 aliphatic heterocycles. The van der Waals surface area contributed by atoms with Crippen LogP contribution in [0.15, 0.2) is 29.2 Å². The lowest BCUT2D eigenvalue weighted by molar-refractivity contribution is -0.119. The summed E-state index contributed by atoms with van der Waals surface area (Å²) in [5.74, 6) is -0.111. The summed E-state index contributed by atoms with van der Waals surface area (Å²) in [7, 11) is -3.16. The Morgan fingerprint density at radius 2 is 1.75 bits per heavy atom. The molecule has 0 saturated heterocycles. The molecular formula is C11H15NO3S. The minimum absolute atomic E-state index is 0.111. The maximum Gasteiger partial charge on any atom is 0.217 e. The highest BCUT2D eigenvalue weighted by atomic mass is 32.2. The first-order chi connectivity index (χ1) is 7.30. The summed E-state index contributed by atoms with van der Waals surface area (Å²) in [6, 6.07) is 6.38. The van der Waals surface area contributed by atoms with Crippen molar-refractivity contribution in [3.63, 3.8) is 0 Å². The van der Waals surface area contributed by atoms with Crippen molar-refractivity contribution in [3.8, 4) is 0 Å². The Morgan fingerprint density at radius 3 is 2.12 bits per heavy atom. The van der Waals surface area contributed by atoms with Crippen LogP contribution in [0.5, 0.6) is 0 Å². The molecule has 0 heterocycles. The molecule has 0 aliphatic rings. The minimum Gasteiger partial charge on any atom is -0.350 e. The van der Waals surface area contributed by atoms with Gasteiger partial charge in [-0.05, 0) is 24.6 Å². The van der Waals surface area contributed by atoms with Crippen molar-refractivity contribution in [2.45, 2.75) is 24.8 Å². The van der Waals surface area contributed by atoms with Crippen LogP contribution in [0.1, 0.15) is 25.5 Å². The van der Waals surface area contributed by atoms with Crippen molar-refractivity contribution >= 4 is 15.7 Å². The molecule has 1 amide bonds. The molecule has 1 aromatic carbocycles. The summed E-state index contributed by atoms with van der Waals surface area (Å²) in [5.41, 5.74) is 0.877. The Hall–Kier alpha value is -1.36. The number of hydrogen-bond acceptors (Lipinski definition) is 3. The molecule has 0 aromatic heterocycles. The number of hydrogen-bond donors (Lipinski definition) is 1. The summed E-state index contributed by atoms with van der Waals surface area (Å²) in [6.07, 6.45) is 1.17. The standard InChI is InChI=1S/C11H15NO3S/c1-8(12-9(2)13)10-4-6-11(7-5-10)16(3,14)15/h4-8H,1-3H3,(H,12,13). The summed E-state index contributed by atoms with van der Waals surface area (Å²) >= 11 is 0. The van der Waals surface area contributed by atoms with Crippen LogP contribution in [-0.2, 0) is 14.6 Å². The van der Waals surface area contributed by atoms with Crippen molar-refractivity contribution in [1.82, 2.24) is 5.32 Å². The smallest absolute Gasteiger partial charge is 0.217 e. The van der Waals surface area contributed by atoms with Gasteiger partial charge >= 0.3 is 0 Å². The van der Waals surface area contributed by atoms with Gasteiger partial charge in [0.2, 0.25) is 5.91 Å². The van der Waals surface area contributed by atoms with Crippen molar-refractivity contribution in [2.75, 3.05) is 6.26 Å². The van der Waals surface area contributed by atoms with Crippen LogP contribution >= 0.6 is 0 Å². The Kier molecular flexibility index (Phi) is 3.70. The molecule has 0 radical (unpaired) electrons. The Balaban J connectivity index is 2.91. The monoisotopic (exact) mass is 241 g/mol. The molecule has 4 nitrogen and oxygen atoms in total. The number of amides is 1. The van der Waals surface area contributed by atoms with Crippen LogP contribution in [-0.4, -0.2) is 20.6 Å². The van der Waals surface area contributed by atoms with Crippen molar-refractivity contribution < 1.29 is 13.2 Å². The molecular weight excluding hydrogens is 226 g/mol. The second kappa shape index (κ2) is 4.65. The van der Waals surface area contributed by atoms with E-state index in [0.29, 0.717) is 0 Å². The van der Waals surface area contributed by atoms with Crippen LogP contribution in [0.2, 0.25) is 0 Å². The van der Waals surface area contributed by atoms with Crippen molar-refractivity contribution in [2.24, 2.45) is 0 Å². The lowest BCUT2D eigenvalue weighted by Gasteiger charge is -2.12. The van der Waals surface area contributed by atoms with Crippen molar-refractivity contribution in [1.29, 1.82) is 0 Å². The third-order valence-electron chi connectivity index (χ3n) is 2.23. The van der Waals surface area contributed by atoms with Crippen LogP contribution in [0.25, 0.3) is 0 Å². The molecule has 0 spiro atoms. The zero-order valence-corrected chi connectivity index (χ0v) is 10.3. The molecule has 1 unspecified atom stereocenters. The van der Waals surface area contributed by atoms with Gasteiger partial charge in [0.25, 0.3) is 0 Å². The molecule has 5 heteroatoms. The van der Waals surface area contributed by atoms with Crippen LogP contribution in [0.4, 0.5) is 0 Å². The van der Waals surface area contributed by atoms with Gasteiger partial charge in [-0.25, -0.2) is 8.42 Å². The SMILES string of the molecule is CC(=O)NC(C)c1ccc(S(C)(=O)=O)cc1. The van der Waals surface area contributed by atoms with Gasteiger partial charge in [0.05, 0.1) is 10.9 Å². The van der Waals surface area contributed by atoms with E-state index in [1.165, 1.54) is 13.2 Å². The highest BCUT2D eigenvalue weighted by Gasteiger charge is 2.09. The van der Waals surface area contributed by atoms with Gasteiger partial charge in [0, 0.05) is 13.2 Å². The quantitative estimate of drug-likeness (QED) is 0.867. The molecule has 0 aliphatic carbocycles. The molecule has 0 fully saturated rings. The molecule has 1 rings (SSSR count). The largest absolute Gasteiger partial charge is 0.350 e. The van der Waals surface area contributed by atoms with Crippen LogP contribution < -0.4 is 5.32 Å². The van der Waals surface area contributed by atoms with Gasteiger partial charge in [-0.15, -0.1) is 0 Å². The average Bonchev–Trinajstić information content (AvgIpc) is 2.15. The first kappa shape index (κ1) is 12.7. The predicted molar refractivity (Wildman–Crippen MR) is 61.8 cm³/mol. The Labute approximate surface area is 95.6 Å². The van der Waals surface area contributed by atoms with Gasteiger partial charge < -0.3 is 5.32 Å². The fraction of sp³-hybridized carbons (Fsp3) is 0.364. The third-order valence-corrected chi connectivity index (χ3v) is 3.36. The zero-order chi connectivity index (χ0) is 12.3. The highest BCUT2D eigenvalue weighted by molar-refractivity contribution is 7.90. The summed E-state index contributed by atoms with van der Waals surface area (Å²) in [5, 5.41) is 2.73. The number of rotatable bonds is 3. The highest BCUT2D eigenvalue weighted by Crippen LogP contribution is 2.15. The van der Waals surface area contributed by atoms with Gasteiger partial charge in [-0.3, -0.25) is 4.79 Å². The number of carbonyl (C=O) groups excluding carboxylic acids is 1. The van der Waals surface area contributed by atoms with Crippen LogP contribution in [0.3, 0.4) is 0 Å². The number of nitrogens with one attached hydrogen (secondary N) is 1. The van der Waals surface area contributed by atoms with E-state index >= 15 is 0 Å². The molecule has 0 bridgehead atoms. The number of sulfone groups is 1. The van der Waals surface area contributed by atoms with E-state index in [0.717, 1.165) is 5.56 Å². The van der Waals surface area contributed by atoms with Gasteiger partial charge in [-0.1, -0.05) is 12.1 Å². The molecule has 1 aromatic rings. The summed E-state index contributed by atoms with van der Waals surface area (Å²) in [4.78, 5) is 11.1. The predicted octanol–water partition coefficient (Wildman–Crippen LogP) is 1.29. The average molecular weight is 241 g/mol. The second-order valence-electron chi connectivity index (χ2n) is 3.76. The maximum absolute atomic E-state index is 11.2. The second-order valence-corrected chi connectivity index (χ2v) is 5.78. The van der Waals surface area contributed by atoms with Gasteiger partial charge in [0.15, 0.2) is 9.84 Å². The fourth-order valence-electron chi connectivity index (χ4n) is 1.39. The zero-order valence-electron chi connectivity index (χ0n) is 9.52. The normalized spacial score (nSPS) is 13.2. The first-order valence-electron chi connectivity index (χ1n) is 4.88. The van der Waals surface area contributed by atoms with E-state index in [-0.39, 0.29) is 16.8 Å². The van der Waals surface area contributed by atoms with Gasteiger partial charge in [-0.2, -0.15) is 0 Å². The molecule has 1 N–H and O–H groups in total. The molecule has 0 saturated carbocycles. The number of carbonyl (C=O) groups is 1. The van der Waals surface area contributed by atoms with E-state index in [4.69, 9.17) is 0 Å². The number of benzene rings is 1. The van der Waals surface area contributed by atoms with E-state index in [9.17, 15) is 13.2 Å².